The second-order valence-electron chi connectivity index (χ2n) is 5.63. The summed E-state index contributed by atoms with van der Waals surface area (Å²) in [4.78, 5) is 0. The third-order valence-electron chi connectivity index (χ3n) is 4.11. The van der Waals surface area contributed by atoms with Crippen LogP contribution in [0.2, 0.25) is 0 Å². The Morgan fingerprint density at radius 3 is 2.67 bits per heavy atom. The summed E-state index contributed by atoms with van der Waals surface area (Å²) in [5.74, 6) is 2.04. The number of rotatable bonds is 6. The van der Waals surface area contributed by atoms with Crippen LogP contribution in [0.5, 0.6) is 0 Å². The van der Waals surface area contributed by atoms with Gasteiger partial charge in [-0.2, -0.15) is 0 Å². The molecule has 1 heterocycles. The van der Waals surface area contributed by atoms with E-state index in [1.807, 2.05) is 6.07 Å². The summed E-state index contributed by atoms with van der Waals surface area (Å²) in [5.41, 5.74) is 0. The first-order valence-electron chi connectivity index (χ1n) is 7.64. The number of hydrogen-bond acceptors (Lipinski definition) is 2. The molecule has 0 saturated heterocycles. The average molecular weight is 249 g/mol. The molecule has 0 spiro atoms. The molecule has 2 nitrogen and oxygen atoms in total. The van der Waals surface area contributed by atoms with Crippen LogP contribution in [0.1, 0.15) is 57.6 Å². The lowest BCUT2D eigenvalue weighted by Crippen LogP contribution is -2.33. The third kappa shape index (κ3) is 4.49. The molecule has 1 aromatic rings. The van der Waals surface area contributed by atoms with Crippen LogP contribution in [0.15, 0.2) is 22.8 Å². The Morgan fingerprint density at radius 1 is 1.28 bits per heavy atom. The van der Waals surface area contributed by atoms with Gasteiger partial charge in [0, 0.05) is 12.5 Å². The molecule has 1 saturated carbocycles. The van der Waals surface area contributed by atoms with Crippen molar-refractivity contribution in [2.75, 3.05) is 6.54 Å². The van der Waals surface area contributed by atoms with E-state index in [0.717, 1.165) is 24.6 Å². The number of likely N-dealkylation sites (N-methyl/N-ethyl adjacent to an activating group) is 1. The molecule has 102 valence electrons. The highest BCUT2D eigenvalue weighted by Gasteiger charge is 2.18. The minimum Gasteiger partial charge on any atom is -0.469 e. The van der Waals surface area contributed by atoms with E-state index in [2.05, 4.69) is 18.3 Å². The Morgan fingerprint density at radius 2 is 2.06 bits per heavy atom. The molecule has 1 fully saturated rings. The minimum absolute atomic E-state index is 0.587. The van der Waals surface area contributed by atoms with E-state index in [4.69, 9.17) is 4.42 Å². The van der Waals surface area contributed by atoms with Crippen molar-refractivity contribution in [1.82, 2.24) is 5.32 Å². The van der Waals surface area contributed by atoms with Crippen molar-refractivity contribution >= 4 is 0 Å². The Labute approximate surface area is 111 Å². The summed E-state index contributed by atoms with van der Waals surface area (Å²) < 4.78 is 5.48. The molecule has 2 heteroatoms. The zero-order valence-corrected chi connectivity index (χ0v) is 11.7. The number of hydrogen-bond donors (Lipinski definition) is 1. The van der Waals surface area contributed by atoms with Crippen molar-refractivity contribution < 1.29 is 4.42 Å². The Bertz CT molecular complexity index is 299. The lowest BCUT2D eigenvalue weighted by molar-refractivity contribution is 0.339. The summed E-state index contributed by atoms with van der Waals surface area (Å²) in [5, 5.41) is 3.63. The van der Waals surface area contributed by atoms with Gasteiger partial charge in [0.25, 0.3) is 0 Å². The van der Waals surface area contributed by atoms with Crippen LogP contribution in [0.4, 0.5) is 0 Å². The maximum atomic E-state index is 5.48. The van der Waals surface area contributed by atoms with Gasteiger partial charge in [0.15, 0.2) is 0 Å². The molecule has 0 aromatic carbocycles. The van der Waals surface area contributed by atoms with Crippen molar-refractivity contribution in [3.63, 3.8) is 0 Å². The van der Waals surface area contributed by atoms with Gasteiger partial charge in [-0.05, 0) is 31.0 Å². The molecular formula is C16H27NO. The molecule has 1 aliphatic carbocycles. The first kappa shape index (κ1) is 13.7. The van der Waals surface area contributed by atoms with Gasteiger partial charge in [-0.15, -0.1) is 0 Å². The molecular weight excluding hydrogens is 222 g/mol. The molecule has 1 N–H and O–H groups in total. The number of furan rings is 1. The second kappa shape index (κ2) is 7.63. The minimum atomic E-state index is 0.587. The Kier molecular flexibility index (Phi) is 5.79. The molecule has 1 aliphatic rings. The van der Waals surface area contributed by atoms with E-state index < -0.39 is 0 Å². The molecule has 18 heavy (non-hydrogen) atoms. The van der Waals surface area contributed by atoms with Crippen LogP contribution in [0.25, 0.3) is 0 Å². The predicted octanol–water partition coefficient (Wildman–Crippen LogP) is 4.16. The van der Waals surface area contributed by atoms with Crippen molar-refractivity contribution in [3.8, 4) is 0 Å². The van der Waals surface area contributed by atoms with Crippen molar-refractivity contribution in [1.29, 1.82) is 0 Å². The van der Waals surface area contributed by atoms with Gasteiger partial charge in [0.1, 0.15) is 5.76 Å². The zero-order chi connectivity index (χ0) is 12.6. The standard InChI is InChI=1S/C16H27NO/c1-2-17-15(13-16-10-7-11-18-16)12-14-8-5-3-4-6-9-14/h7,10-11,14-15,17H,2-6,8-9,12-13H2,1H3. The van der Waals surface area contributed by atoms with Gasteiger partial charge in [-0.3, -0.25) is 0 Å². The first-order chi connectivity index (χ1) is 8.88. The summed E-state index contributed by atoms with van der Waals surface area (Å²) >= 11 is 0. The molecule has 0 radical (unpaired) electrons. The molecule has 0 aliphatic heterocycles. The van der Waals surface area contributed by atoms with Crippen molar-refractivity contribution in [2.24, 2.45) is 5.92 Å². The molecule has 1 aromatic heterocycles. The van der Waals surface area contributed by atoms with Gasteiger partial charge in [-0.1, -0.05) is 45.4 Å². The van der Waals surface area contributed by atoms with E-state index in [1.54, 1.807) is 6.26 Å². The van der Waals surface area contributed by atoms with Crippen LogP contribution in [-0.2, 0) is 6.42 Å². The highest BCUT2D eigenvalue weighted by molar-refractivity contribution is 5.00. The Balaban J connectivity index is 1.84. The Hall–Kier alpha value is -0.760. The summed E-state index contributed by atoms with van der Waals surface area (Å²) in [7, 11) is 0. The van der Waals surface area contributed by atoms with E-state index in [0.29, 0.717) is 6.04 Å². The largest absolute Gasteiger partial charge is 0.469 e. The fourth-order valence-corrected chi connectivity index (χ4v) is 3.20. The summed E-state index contributed by atoms with van der Waals surface area (Å²) in [6.07, 6.45) is 12.8. The van der Waals surface area contributed by atoms with Crippen LogP contribution < -0.4 is 5.32 Å². The molecule has 1 atom stereocenters. The van der Waals surface area contributed by atoms with E-state index in [1.165, 1.54) is 44.9 Å². The van der Waals surface area contributed by atoms with Gasteiger partial charge in [0.05, 0.1) is 6.26 Å². The van der Waals surface area contributed by atoms with Gasteiger partial charge in [0.2, 0.25) is 0 Å². The van der Waals surface area contributed by atoms with Crippen molar-refractivity contribution in [3.05, 3.63) is 24.2 Å². The lowest BCUT2D eigenvalue weighted by Gasteiger charge is -2.22. The molecule has 1 unspecified atom stereocenters. The summed E-state index contributed by atoms with van der Waals surface area (Å²) in [6, 6.07) is 4.67. The van der Waals surface area contributed by atoms with E-state index >= 15 is 0 Å². The smallest absolute Gasteiger partial charge is 0.105 e. The highest BCUT2D eigenvalue weighted by Crippen LogP contribution is 2.27. The van der Waals surface area contributed by atoms with Crippen LogP contribution in [0.3, 0.4) is 0 Å². The monoisotopic (exact) mass is 249 g/mol. The van der Waals surface area contributed by atoms with Crippen molar-refractivity contribution in [2.45, 2.75) is 64.3 Å². The maximum absolute atomic E-state index is 5.48. The van der Waals surface area contributed by atoms with E-state index in [-0.39, 0.29) is 0 Å². The fraction of sp³-hybridized carbons (Fsp3) is 0.750. The molecule has 0 amide bonds. The average Bonchev–Trinajstić information content (AvgIpc) is 2.73. The summed E-state index contributed by atoms with van der Waals surface area (Å²) in [6.45, 7) is 3.25. The van der Waals surface area contributed by atoms with Crippen LogP contribution >= 0.6 is 0 Å². The normalized spacial score (nSPS) is 19.6. The van der Waals surface area contributed by atoms with Crippen LogP contribution in [0, 0.1) is 5.92 Å². The van der Waals surface area contributed by atoms with Gasteiger partial charge in [-0.25, -0.2) is 0 Å². The fourth-order valence-electron chi connectivity index (χ4n) is 3.20. The molecule has 0 bridgehead atoms. The second-order valence-corrected chi connectivity index (χ2v) is 5.63. The predicted molar refractivity (Wildman–Crippen MR) is 75.7 cm³/mol. The quantitative estimate of drug-likeness (QED) is 0.766. The van der Waals surface area contributed by atoms with Gasteiger partial charge >= 0.3 is 0 Å². The first-order valence-corrected chi connectivity index (χ1v) is 7.64. The molecule has 2 rings (SSSR count). The number of nitrogens with one attached hydrogen (secondary N) is 1. The third-order valence-corrected chi connectivity index (χ3v) is 4.11. The maximum Gasteiger partial charge on any atom is 0.105 e. The van der Waals surface area contributed by atoms with Gasteiger partial charge < -0.3 is 9.73 Å². The van der Waals surface area contributed by atoms with E-state index in [9.17, 15) is 0 Å². The van der Waals surface area contributed by atoms with Crippen LogP contribution in [-0.4, -0.2) is 12.6 Å². The zero-order valence-electron chi connectivity index (χ0n) is 11.7. The lowest BCUT2D eigenvalue weighted by atomic mass is 9.91. The highest BCUT2D eigenvalue weighted by atomic mass is 16.3. The topological polar surface area (TPSA) is 25.2 Å². The SMILES string of the molecule is CCNC(Cc1ccco1)CC1CCCCCC1.